The van der Waals surface area contributed by atoms with E-state index in [1.807, 2.05) is 30.3 Å². The van der Waals surface area contributed by atoms with Crippen molar-refractivity contribution in [3.63, 3.8) is 0 Å². The minimum absolute atomic E-state index is 0.454. The molecule has 0 atom stereocenters. The van der Waals surface area contributed by atoms with Crippen LogP contribution in [0, 0.1) is 4.64 Å². The standard InChI is InChI=1S/C13H9N3OS/c17-7-9-6-14-11-10(9)15-12(16-13(11)18)8-4-2-1-3-5-8/h1-7,14H,(H,15,16,18). The molecule has 0 aliphatic heterocycles. The topological polar surface area (TPSA) is 61.5 Å². The number of hydrogen-bond acceptors (Lipinski definition) is 3. The lowest BCUT2D eigenvalue weighted by molar-refractivity contribution is 0.112. The first-order chi connectivity index (χ1) is 8.79. The highest BCUT2D eigenvalue weighted by molar-refractivity contribution is 7.71. The number of nitrogens with zero attached hydrogens (tertiary/aromatic N) is 1. The molecule has 0 bridgehead atoms. The van der Waals surface area contributed by atoms with Crippen molar-refractivity contribution in [1.29, 1.82) is 0 Å². The Morgan fingerprint density at radius 3 is 2.67 bits per heavy atom. The molecule has 0 saturated heterocycles. The van der Waals surface area contributed by atoms with Crippen LogP contribution in [-0.4, -0.2) is 21.2 Å². The van der Waals surface area contributed by atoms with Crippen LogP contribution in [0.4, 0.5) is 0 Å². The third-order valence-electron chi connectivity index (χ3n) is 2.76. The highest BCUT2D eigenvalue weighted by Gasteiger charge is 2.08. The van der Waals surface area contributed by atoms with Crippen molar-refractivity contribution < 1.29 is 4.79 Å². The van der Waals surface area contributed by atoms with Crippen LogP contribution in [-0.2, 0) is 0 Å². The van der Waals surface area contributed by atoms with Crippen LogP contribution in [0.2, 0.25) is 0 Å². The molecule has 0 saturated carbocycles. The molecule has 0 aliphatic carbocycles. The predicted molar refractivity (Wildman–Crippen MR) is 72.1 cm³/mol. The Balaban J connectivity index is 2.32. The summed E-state index contributed by atoms with van der Waals surface area (Å²) >= 11 is 5.22. The van der Waals surface area contributed by atoms with Gasteiger partial charge in [-0.15, -0.1) is 0 Å². The third-order valence-corrected chi connectivity index (χ3v) is 3.05. The fraction of sp³-hybridized carbons (Fsp3) is 0. The average molecular weight is 255 g/mol. The summed E-state index contributed by atoms with van der Waals surface area (Å²) in [5.41, 5.74) is 2.87. The molecule has 18 heavy (non-hydrogen) atoms. The maximum Gasteiger partial charge on any atom is 0.154 e. The number of fused-ring (bicyclic) bond motifs is 1. The largest absolute Gasteiger partial charge is 0.357 e. The molecule has 0 amide bonds. The van der Waals surface area contributed by atoms with E-state index in [0.717, 1.165) is 11.8 Å². The number of aromatic amines is 2. The van der Waals surface area contributed by atoms with Crippen LogP contribution in [0.5, 0.6) is 0 Å². The van der Waals surface area contributed by atoms with E-state index < -0.39 is 0 Å². The second-order valence-electron chi connectivity index (χ2n) is 3.87. The molecule has 3 rings (SSSR count). The van der Waals surface area contributed by atoms with Crippen LogP contribution >= 0.6 is 12.2 Å². The Labute approximate surface area is 108 Å². The molecule has 4 nitrogen and oxygen atoms in total. The number of hydrogen-bond donors (Lipinski definition) is 2. The van der Waals surface area contributed by atoms with Gasteiger partial charge in [-0.05, 0) is 0 Å². The fourth-order valence-electron chi connectivity index (χ4n) is 1.87. The molecule has 2 N–H and O–H groups in total. The van der Waals surface area contributed by atoms with Gasteiger partial charge in [0, 0.05) is 11.8 Å². The van der Waals surface area contributed by atoms with Crippen molar-refractivity contribution >= 4 is 29.5 Å². The zero-order valence-electron chi connectivity index (χ0n) is 9.31. The Hall–Kier alpha value is -2.27. The highest BCUT2D eigenvalue weighted by Crippen LogP contribution is 2.20. The molecule has 1 aromatic carbocycles. The molecule has 0 spiro atoms. The van der Waals surface area contributed by atoms with Crippen molar-refractivity contribution in [3.8, 4) is 11.4 Å². The molecule has 5 heteroatoms. The van der Waals surface area contributed by atoms with E-state index in [2.05, 4.69) is 15.0 Å². The summed E-state index contributed by atoms with van der Waals surface area (Å²) in [6.45, 7) is 0. The summed E-state index contributed by atoms with van der Waals surface area (Å²) < 4.78 is 0.454. The van der Waals surface area contributed by atoms with E-state index in [1.165, 1.54) is 0 Å². The van der Waals surface area contributed by atoms with Crippen LogP contribution in [0.1, 0.15) is 10.4 Å². The van der Waals surface area contributed by atoms with Gasteiger partial charge in [0.2, 0.25) is 0 Å². The van der Waals surface area contributed by atoms with E-state index in [-0.39, 0.29) is 0 Å². The first kappa shape index (κ1) is 10.9. The minimum atomic E-state index is 0.454. The number of H-pyrrole nitrogens is 2. The molecule has 3 aromatic rings. The van der Waals surface area contributed by atoms with E-state index in [4.69, 9.17) is 12.2 Å². The van der Waals surface area contributed by atoms with E-state index in [1.54, 1.807) is 6.20 Å². The Bertz CT molecular complexity index is 774. The van der Waals surface area contributed by atoms with Gasteiger partial charge >= 0.3 is 0 Å². The lowest BCUT2D eigenvalue weighted by Crippen LogP contribution is -1.91. The van der Waals surface area contributed by atoms with Gasteiger partial charge in [-0.1, -0.05) is 42.5 Å². The van der Waals surface area contributed by atoms with Crippen LogP contribution < -0.4 is 0 Å². The molecule has 88 valence electrons. The van der Waals surface area contributed by atoms with Crippen LogP contribution in [0.15, 0.2) is 36.5 Å². The second kappa shape index (κ2) is 4.19. The van der Waals surface area contributed by atoms with E-state index >= 15 is 0 Å². The SMILES string of the molecule is O=Cc1c[nH]c2c(=S)nc(-c3ccccc3)[nH]c12. The van der Waals surface area contributed by atoms with Crippen molar-refractivity contribution in [2.24, 2.45) is 0 Å². The number of aldehydes is 1. The number of aromatic nitrogens is 3. The first-order valence-electron chi connectivity index (χ1n) is 5.41. The molecule has 0 aliphatic rings. The molecule has 0 unspecified atom stereocenters. The maximum atomic E-state index is 10.9. The number of carbonyl (C=O) groups excluding carboxylic acids is 1. The summed E-state index contributed by atoms with van der Waals surface area (Å²) in [5, 5.41) is 0. The normalized spacial score (nSPS) is 10.7. The zero-order valence-corrected chi connectivity index (χ0v) is 10.1. The molecular weight excluding hydrogens is 246 g/mol. The van der Waals surface area contributed by atoms with Gasteiger partial charge < -0.3 is 9.97 Å². The number of nitrogens with one attached hydrogen (secondary N) is 2. The van der Waals surface area contributed by atoms with Crippen molar-refractivity contribution in [2.75, 3.05) is 0 Å². The van der Waals surface area contributed by atoms with E-state index in [0.29, 0.717) is 27.1 Å². The number of benzene rings is 1. The monoisotopic (exact) mass is 255 g/mol. The van der Waals surface area contributed by atoms with Gasteiger partial charge in [-0.2, -0.15) is 0 Å². The fourth-order valence-corrected chi connectivity index (χ4v) is 2.12. The summed E-state index contributed by atoms with van der Waals surface area (Å²) in [6.07, 6.45) is 2.42. The average Bonchev–Trinajstić information content (AvgIpc) is 2.83. The second-order valence-corrected chi connectivity index (χ2v) is 4.26. The molecule has 0 radical (unpaired) electrons. The maximum absolute atomic E-state index is 10.9. The summed E-state index contributed by atoms with van der Waals surface area (Å²) in [6, 6.07) is 9.66. The lowest BCUT2D eigenvalue weighted by atomic mass is 10.2. The summed E-state index contributed by atoms with van der Waals surface area (Å²) in [7, 11) is 0. The first-order valence-corrected chi connectivity index (χ1v) is 5.82. The van der Waals surface area contributed by atoms with Crippen molar-refractivity contribution in [2.45, 2.75) is 0 Å². The van der Waals surface area contributed by atoms with Gasteiger partial charge in [0.1, 0.15) is 11.3 Å². The Morgan fingerprint density at radius 2 is 1.94 bits per heavy atom. The molecule has 0 fully saturated rings. The van der Waals surface area contributed by atoms with Gasteiger partial charge in [0.15, 0.2) is 10.9 Å². The number of carbonyl (C=O) groups is 1. The quantitative estimate of drug-likeness (QED) is 0.546. The zero-order chi connectivity index (χ0) is 12.5. The van der Waals surface area contributed by atoms with Crippen LogP contribution in [0.3, 0.4) is 0 Å². The van der Waals surface area contributed by atoms with E-state index in [9.17, 15) is 4.79 Å². The number of rotatable bonds is 2. The molecule has 2 heterocycles. The van der Waals surface area contributed by atoms with Crippen molar-refractivity contribution in [1.82, 2.24) is 15.0 Å². The van der Waals surface area contributed by atoms with Crippen molar-refractivity contribution in [3.05, 3.63) is 46.7 Å². The Morgan fingerprint density at radius 1 is 1.17 bits per heavy atom. The summed E-state index contributed by atoms with van der Waals surface area (Å²) in [4.78, 5) is 21.4. The molecule has 2 aromatic heterocycles. The van der Waals surface area contributed by atoms with Gasteiger partial charge in [-0.25, -0.2) is 4.98 Å². The van der Waals surface area contributed by atoms with Gasteiger partial charge in [0.25, 0.3) is 0 Å². The summed E-state index contributed by atoms with van der Waals surface area (Å²) in [5.74, 6) is 0.663. The predicted octanol–water partition coefficient (Wildman–Crippen LogP) is 3.10. The van der Waals surface area contributed by atoms with Gasteiger partial charge in [-0.3, -0.25) is 4.79 Å². The third kappa shape index (κ3) is 1.65. The Kier molecular flexibility index (Phi) is 2.53. The highest BCUT2D eigenvalue weighted by atomic mass is 32.1. The molecular formula is C13H9N3OS. The van der Waals surface area contributed by atoms with Crippen LogP contribution in [0.25, 0.3) is 22.4 Å². The lowest BCUT2D eigenvalue weighted by Gasteiger charge is -2.02. The minimum Gasteiger partial charge on any atom is -0.357 e. The van der Waals surface area contributed by atoms with Gasteiger partial charge in [0.05, 0.1) is 11.1 Å². The smallest absolute Gasteiger partial charge is 0.154 e.